The topological polar surface area (TPSA) is 24.5 Å². The van der Waals surface area contributed by atoms with E-state index < -0.39 is 0 Å². The molecule has 3 nitrogen and oxygen atoms in total. The van der Waals surface area contributed by atoms with Gasteiger partial charge in [0.25, 0.3) is 0 Å². The predicted octanol–water partition coefficient (Wildman–Crippen LogP) is 2.55. The minimum atomic E-state index is 0.554. The number of nitrogens with one attached hydrogen (secondary N) is 1. The van der Waals surface area contributed by atoms with Crippen molar-refractivity contribution in [3.8, 4) is 0 Å². The third kappa shape index (κ3) is 3.50. The van der Waals surface area contributed by atoms with Gasteiger partial charge in [0.05, 0.1) is 6.10 Å². The molecule has 110 valence electrons. The van der Waals surface area contributed by atoms with E-state index in [1.54, 1.807) is 0 Å². The Morgan fingerprint density at radius 2 is 1.89 bits per heavy atom. The third-order valence-corrected chi connectivity index (χ3v) is 5.24. The lowest BCUT2D eigenvalue weighted by atomic mass is 9.97. The Labute approximate surface area is 118 Å². The van der Waals surface area contributed by atoms with Crippen molar-refractivity contribution in [3.63, 3.8) is 0 Å². The maximum absolute atomic E-state index is 5.78. The second-order valence-corrected chi connectivity index (χ2v) is 6.72. The highest BCUT2D eigenvalue weighted by Gasteiger charge is 2.35. The van der Waals surface area contributed by atoms with Gasteiger partial charge < -0.3 is 15.0 Å². The zero-order valence-electron chi connectivity index (χ0n) is 12.4. The predicted molar refractivity (Wildman–Crippen MR) is 78.4 cm³/mol. The average Bonchev–Trinajstić information content (AvgIpc) is 3.04. The number of fused-ring (bicyclic) bond motifs is 2. The molecule has 3 fully saturated rings. The van der Waals surface area contributed by atoms with Crippen LogP contribution in [0.2, 0.25) is 0 Å². The van der Waals surface area contributed by atoms with Crippen molar-refractivity contribution in [3.05, 3.63) is 0 Å². The second-order valence-electron chi connectivity index (χ2n) is 6.72. The van der Waals surface area contributed by atoms with Gasteiger partial charge in [0, 0.05) is 31.3 Å². The number of nitrogens with zero attached hydrogens (tertiary/aromatic N) is 1. The van der Waals surface area contributed by atoms with Gasteiger partial charge in [0.2, 0.25) is 0 Å². The van der Waals surface area contributed by atoms with Crippen molar-refractivity contribution in [1.29, 1.82) is 0 Å². The van der Waals surface area contributed by atoms with Gasteiger partial charge in [0.1, 0.15) is 0 Å². The van der Waals surface area contributed by atoms with Crippen LogP contribution in [0, 0.1) is 0 Å². The van der Waals surface area contributed by atoms with Gasteiger partial charge in [-0.3, -0.25) is 0 Å². The summed E-state index contributed by atoms with van der Waals surface area (Å²) in [7, 11) is 0. The number of rotatable bonds is 6. The molecule has 0 aromatic carbocycles. The van der Waals surface area contributed by atoms with Gasteiger partial charge in [-0.25, -0.2) is 0 Å². The largest absolute Gasteiger partial charge is 0.378 e. The first-order valence-corrected chi connectivity index (χ1v) is 8.47. The van der Waals surface area contributed by atoms with Crippen molar-refractivity contribution in [2.75, 3.05) is 19.7 Å². The normalized spacial score (nSPS) is 38.2. The molecule has 3 aliphatic heterocycles. The molecule has 0 spiro atoms. The molecule has 3 atom stereocenters. The Kier molecular flexibility index (Phi) is 4.78. The molecular formula is C16H30N2O. The van der Waals surface area contributed by atoms with E-state index >= 15 is 0 Å². The number of ether oxygens (including phenoxy) is 1. The van der Waals surface area contributed by atoms with Crippen molar-refractivity contribution >= 4 is 0 Å². The molecule has 3 aliphatic rings. The Balaban J connectivity index is 1.51. The van der Waals surface area contributed by atoms with Crippen LogP contribution in [0.5, 0.6) is 0 Å². The molecule has 0 aromatic rings. The molecule has 2 bridgehead atoms. The van der Waals surface area contributed by atoms with Gasteiger partial charge in [-0.05, 0) is 57.9 Å². The smallest absolute Gasteiger partial charge is 0.0588 e. The SMILES string of the molecule is CCCN(CCC1CCCO1)C1CC2CCC(C1)N2. The summed E-state index contributed by atoms with van der Waals surface area (Å²) in [6.07, 6.45) is 11.2. The monoisotopic (exact) mass is 266 g/mol. The summed E-state index contributed by atoms with van der Waals surface area (Å²) in [5, 5.41) is 3.76. The zero-order valence-corrected chi connectivity index (χ0v) is 12.4. The van der Waals surface area contributed by atoms with E-state index in [0.29, 0.717) is 6.10 Å². The van der Waals surface area contributed by atoms with Crippen LogP contribution < -0.4 is 5.32 Å². The molecular weight excluding hydrogens is 236 g/mol. The van der Waals surface area contributed by atoms with Gasteiger partial charge >= 0.3 is 0 Å². The van der Waals surface area contributed by atoms with E-state index in [0.717, 1.165) is 24.7 Å². The lowest BCUT2D eigenvalue weighted by Crippen LogP contribution is -2.49. The quantitative estimate of drug-likeness (QED) is 0.799. The highest BCUT2D eigenvalue weighted by molar-refractivity contribution is 4.95. The maximum Gasteiger partial charge on any atom is 0.0588 e. The van der Waals surface area contributed by atoms with E-state index in [1.165, 1.54) is 64.5 Å². The molecule has 3 unspecified atom stereocenters. The number of hydrogen-bond acceptors (Lipinski definition) is 3. The van der Waals surface area contributed by atoms with Gasteiger partial charge in [-0.15, -0.1) is 0 Å². The molecule has 0 saturated carbocycles. The minimum Gasteiger partial charge on any atom is -0.378 e. The van der Waals surface area contributed by atoms with Crippen molar-refractivity contribution in [1.82, 2.24) is 10.2 Å². The van der Waals surface area contributed by atoms with E-state index in [4.69, 9.17) is 4.74 Å². The number of hydrogen-bond donors (Lipinski definition) is 1. The molecule has 3 rings (SSSR count). The summed E-state index contributed by atoms with van der Waals surface area (Å²) >= 11 is 0. The molecule has 1 N–H and O–H groups in total. The fourth-order valence-corrected chi connectivity index (χ4v) is 4.27. The Bertz CT molecular complexity index is 266. The van der Waals surface area contributed by atoms with Gasteiger partial charge in [-0.2, -0.15) is 0 Å². The standard InChI is InChI=1S/C16H30N2O/c1-2-8-18(9-7-16-4-3-10-19-16)15-11-13-5-6-14(12-15)17-13/h13-17H,2-12H2,1H3. The van der Waals surface area contributed by atoms with Crippen molar-refractivity contribution in [2.45, 2.75) is 82.5 Å². The number of piperidine rings is 1. The Hall–Kier alpha value is -0.120. The summed E-state index contributed by atoms with van der Waals surface area (Å²) in [6, 6.07) is 2.46. The van der Waals surface area contributed by atoms with Crippen molar-refractivity contribution in [2.24, 2.45) is 0 Å². The third-order valence-electron chi connectivity index (χ3n) is 5.24. The van der Waals surface area contributed by atoms with E-state index in [-0.39, 0.29) is 0 Å². The Morgan fingerprint density at radius 3 is 2.53 bits per heavy atom. The summed E-state index contributed by atoms with van der Waals surface area (Å²) in [6.45, 7) is 5.84. The fourth-order valence-electron chi connectivity index (χ4n) is 4.27. The molecule has 3 heteroatoms. The van der Waals surface area contributed by atoms with E-state index in [1.807, 2.05) is 0 Å². The Morgan fingerprint density at radius 1 is 1.11 bits per heavy atom. The highest BCUT2D eigenvalue weighted by Crippen LogP contribution is 2.30. The lowest BCUT2D eigenvalue weighted by molar-refractivity contribution is 0.0754. The van der Waals surface area contributed by atoms with Crippen LogP contribution in [0.3, 0.4) is 0 Å². The van der Waals surface area contributed by atoms with Crippen LogP contribution >= 0.6 is 0 Å². The second kappa shape index (κ2) is 6.55. The van der Waals surface area contributed by atoms with Gasteiger partial charge in [0.15, 0.2) is 0 Å². The molecule has 0 radical (unpaired) electrons. The molecule has 0 aliphatic carbocycles. The molecule has 19 heavy (non-hydrogen) atoms. The summed E-state index contributed by atoms with van der Waals surface area (Å²) in [4.78, 5) is 2.77. The molecule has 3 saturated heterocycles. The molecule has 3 heterocycles. The average molecular weight is 266 g/mol. The molecule has 0 amide bonds. The first kappa shape index (κ1) is 13.8. The van der Waals surface area contributed by atoms with Crippen LogP contribution in [-0.4, -0.2) is 48.8 Å². The first-order chi connectivity index (χ1) is 9.35. The van der Waals surface area contributed by atoms with E-state index in [2.05, 4.69) is 17.1 Å². The van der Waals surface area contributed by atoms with Gasteiger partial charge in [-0.1, -0.05) is 6.92 Å². The fraction of sp³-hybridized carbons (Fsp3) is 1.00. The van der Waals surface area contributed by atoms with E-state index in [9.17, 15) is 0 Å². The summed E-state index contributed by atoms with van der Waals surface area (Å²) < 4.78 is 5.78. The van der Waals surface area contributed by atoms with Crippen LogP contribution in [0.1, 0.15) is 58.3 Å². The first-order valence-electron chi connectivity index (χ1n) is 8.47. The molecule has 0 aromatic heterocycles. The summed E-state index contributed by atoms with van der Waals surface area (Å²) in [5.74, 6) is 0. The van der Waals surface area contributed by atoms with Crippen LogP contribution in [0.15, 0.2) is 0 Å². The summed E-state index contributed by atoms with van der Waals surface area (Å²) in [5.41, 5.74) is 0. The van der Waals surface area contributed by atoms with Crippen molar-refractivity contribution < 1.29 is 4.74 Å². The maximum atomic E-state index is 5.78. The lowest BCUT2D eigenvalue weighted by Gasteiger charge is -2.38. The highest BCUT2D eigenvalue weighted by atomic mass is 16.5. The zero-order chi connectivity index (χ0) is 13.1. The van der Waals surface area contributed by atoms with Crippen LogP contribution in [0.25, 0.3) is 0 Å². The minimum absolute atomic E-state index is 0.554. The van der Waals surface area contributed by atoms with Crippen LogP contribution in [0.4, 0.5) is 0 Å². The van der Waals surface area contributed by atoms with Crippen LogP contribution in [-0.2, 0) is 4.74 Å².